The summed E-state index contributed by atoms with van der Waals surface area (Å²) in [7, 11) is 0. The third-order valence-corrected chi connectivity index (χ3v) is 3.96. The minimum absolute atomic E-state index is 0.116. The van der Waals surface area contributed by atoms with Crippen LogP contribution in [-0.4, -0.2) is 9.78 Å². The van der Waals surface area contributed by atoms with E-state index in [1.807, 2.05) is 18.5 Å². The summed E-state index contributed by atoms with van der Waals surface area (Å²) in [5, 5.41) is 4.49. The number of halogens is 2. The van der Waals surface area contributed by atoms with Crippen molar-refractivity contribution in [3.8, 4) is 5.75 Å². The van der Waals surface area contributed by atoms with Gasteiger partial charge in [0.05, 0.1) is 21.5 Å². The Kier molecular flexibility index (Phi) is 4.65. The number of nitrogen functional groups attached to an aromatic ring is 1. The highest BCUT2D eigenvalue weighted by atomic mass is 79.9. The van der Waals surface area contributed by atoms with Crippen LogP contribution in [0.25, 0.3) is 0 Å². The van der Waals surface area contributed by atoms with Gasteiger partial charge in [0.15, 0.2) is 0 Å². The summed E-state index contributed by atoms with van der Waals surface area (Å²) < 4.78 is 21.8. The summed E-state index contributed by atoms with van der Waals surface area (Å²) in [4.78, 5) is 0. The molecule has 1 heterocycles. The van der Waals surface area contributed by atoms with Gasteiger partial charge in [-0.1, -0.05) is 6.92 Å². The molecule has 0 radical (unpaired) electrons. The molecule has 0 aliphatic rings. The first-order valence-corrected chi connectivity index (χ1v) is 7.28. The molecule has 108 valence electrons. The largest absolute Gasteiger partial charge is 0.487 e. The number of rotatable bonds is 5. The molecule has 4 nitrogen and oxygen atoms in total. The molecule has 1 aromatic heterocycles. The molecule has 2 N–H and O–H groups in total. The highest BCUT2D eigenvalue weighted by Gasteiger charge is 2.14. The molecule has 0 aliphatic carbocycles. The smallest absolute Gasteiger partial charge is 0.149 e. The van der Waals surface area contributed by atoms with E-state index in [9.17, 15) is 4.39 Å². The second kappa shape index (κ2) is 6.26. The standard InChI is InChI=1S/C14H17BrFN3O/c1-3-12-14(15)13(19(4-2)18-12)8-20-9-5-6-11(17)10(16)7-9/h5-7H,3-4,8,17H2,1-2H3. The van der Waals surface area contributed by atoms with Crippen LogP contribution in [0.1, 0.15) is 25.2 Å². The molecule has 0 fully saturated rings. The van der Waals surface area contributed by atoms with E-state index in [2.05, 4.69) is 21.0 Å². The second-order valence-corrected chi connectivity index (χ2v) is 5.14. The van der Waals surface area contributed by atoms with Gasteiger partial charge in [-0.3, -0.25) is 4.68 Å². The van der Waals surface area contributed by atoms with Gasteiger partial charge in [-0.05, 0) is 41.4 Å². The van der Waals surface area contributed by atoms with Gasteiger partial charge in [-0.25, -0.2) is 4.39 Å². The Morgan fingerprint density at radius 3 is 2.75 bits per heavy atom. The zero-order chi connectivity index (χ0) is 14.7. The Morgan fingerprint density at radius 2 is 2.15 bits per heavy atom. The van der Waals surface area contributed by atoms with Crippen molar-refractivity contribution >= 4 is 21.6 Å². The average molecular weight is 342 g/mol. The van der Waals surface area contributed by atoms with Crippen molar-refractivity contribution < 1.29 is 9.13 Å². The summed E-state index contributed by atoms with van der Waals surface area (Å²) in [6.07, 6.45) is 0.844. The fraction of sp³-hybridized carbons (Fsp3) is 0.357. The van der Waals surface area contributed by atoms with E-state index in [0.717, 1.165) is 28.8 Å². The Morgan fingerprint density at radius 1 is 1.40 bits per heavy atom. The van der Waals surface area contributed by atoms with Crippen molar-refractivity contribution in [2.45, 2.75) is 33.4 Å². The maximum atomic E-state index is 13.4. The van der Waals surface area contributed by atoms with Crippen LogP contribution in [0.2, 0.25) is 0 Å². The number of aromatic nitrogens is 2. The van der Waals surface area contributed by atoms with Crippen molar-refractivity contribution in [2.75, 3.05) is 5.73 Å². The first-order valence-electron chi connectivity index (χ1n) is 6.48. The Hall–Kier alpha value is -1.56. The first-order chi connectivity index (χ1) is 9.56. The fourth-order valence-corrected chi connectivity index (χ4v) is 2.58. The minimum Gasteiger partial charge on any atom is -0.487 e. The Balaban J connectivity index is 2.17. The van der Waals surface area contributed by atoms with Crippen molar-refractivity contribution in [3.63, 3.8) is 0 Å². The fourth-order valence-electron chi connectivity index (χ4n) is 1.90. The van der Waals surface area contributed by atoms with Gasteiger partial charge in [-0.2, -0.15) is 5.10 Å². The molecule has 2 aromatic rings. The van der Waals surface area contributed by atoms with Crippen LogP contribution >= 0.6 is 15.9 Å². The monoisotopic (exact) mass is 341 g/mol. The van der Waals surface area contributed by atoms with Crippen LogP contribution < -0.4 is 10.5 Å². The summed E-state index contributed by atoms with van der Waals surface area (Å²) >= 11 is 3.55. The molecule has 0 spiro atoms. The maximum absolute atomic E-state index is 13.4. The minimum atomic E-state index is -0.472. The molecule has 2 rings (SSSR count). The molecule has 1 aromatic carbocycles. The van der Waals surface area contributed by atoms with Gasteiger partial charge in [-0.15, -0.1) is 0 Å². The summed E-state index contributed by atoms with van der Waals surface area (Å²) in [6.45, 7) is 5.15. The number of nitrogens with zero attached hydrogens (tertiary/aromatic N) is 2. The van der Waals surface area contributed by atoms with Crippen LogP contribution in [0.15, 0.2) is 22.7 Å². The SMILES string of the molecule is CCc1nn(CC)c(COc2ccc(N)c(F)c2)c1Br. The third-order valence-electron chi connectivity index (χ3n) is 3.04. The Labute approximate surface area is 125 Å². The lowest BCUT2D eigenvalue weighted by Crippen LogP contribution is -2.07. The highest BCUT2D eigenvalue weighted by Crippen LogP contribution is 2.25. The van der Waals surface area contributed by atoms with Gasteiger partial charge in [0.1, 0.15) is 18.2 Å². The lowest BCUT2D eigenvalue weighted by Gasteiger charge is -2.09. The third kappa shape index (κ3) is 2.95. The molecule has 0 aliphatic heterocycles. The van der Waals surface area contributed by atoms with Gasteiger partial charge < -0.3 is 10.5 Å². The summed E-state index contributed by atoms with van der Waals surface area (Å²) in [5.74, 6) is -0.0229. The molecule has 0 atom stereocenters. The molecular weight excluding hydrogens is 325 g/mol. The number of benzene rings is 1. The lowest BCUT2D eigenvalue weighted by atomic mass is 10.3. The van der Waals surface area contributed by atoms with Crippen LogP contribution in [0.3, 0.4) is 0 Å². The van der Waals surface area contributed by atoms with Crippen LogP contribution in [0, 0.1) is 5.82 Å². The number of aryl methyl sites for hydroxylation is 2. The number of anilines is 1. The molecule has 6 heteroatoms. The second-order valence-electron chi connectivity index (χ2n) is 4.35. The van der Waals surface area contributed by atoms with E-state index in [1.165, 1.54) is 12.1 Å². The number of hydrogen-bond acceptors (Lipinski definition) is 3. The van der Waals surface area contributed by atoms with Gasteiger partial charge in [0.25, 0.3) is 0 Å². The van der Waals surface area contributed by atoms with Crippen LogP contribution in [0.5, 0.6) is 5.75 Å². The van der Waals surface area contributed by atoms with Crippen molar-refractivity contribution in [1.29, 1.82) is 0 Å². The van der Waals surface area contributed by atoms with E-state index < -0.39 is 5.82 Å². The van der Waals surface area contributed by atoms with Crippen molar-refractivity contribution in [1.82, 2.24) is 9.78 Å². The zero-order valence-corrected chi connectivity index (χ0v) is 13.1. The molecule has 0 saturated carbocycles. The molecule has 0 saturated heterocycles. The molecule has 0 bridgehead atoms. The zero-order valence-electron chi connectivity index (χ0n) is 11.5. The highest BCUT2D eigenvalue weighted by molar-refractivity contribution is 9.10. The van der Waals surface area contributed by atoms with E-state index in [4.69, 9.17) is 10.5 Å². The molecular formula is C14H17BrFN3O. The summed E-state index contributed by atoms with van der Waals surface area (Å²) in [6, 6.07) is 4.44. The van der Waals surface area contributed by atoms with E-state index >= 15 is 0 Å². The van der Waals surface area contributed by atoms with Gasteiger partial charge in [0.2, 0.25) is 0 Å². The lowest BCUT2D eigenvalue weighted by molar-refractivity contribution is 0.290. The van der Waals surface area contributed by atoms with E-state index in [1.54, 1.807) is 6.07 Å². The number of nitrogens with two attached hydrogens (primary N) is 1. The average Bonchev–Trinajstić information content (AvgIpc) is 2.76. The van der Waals surface area contributed by atoms with Crippen molar-refractivity contribution in [3.05, 3.63) is 39.9 Å². The quantitative estimate of drug-likeness (QED) is 0.846. The summed E-state index contributed by atoms with van der Waals surface area (Å²) in [5.41, 5.74) is 7.49. The predicted molar refractivity (Wildman–Crippen MR) is 80.1 cm³/mol. The first kappa shape index (κ1) is 14.8. The molecule has 0 unspecified atom stereocenters. The predicted octanol–water partition coefficient (Wildman–Crippen LogP) is 3.53. The van der Waals surface area contributed by atoms with Crippen molar-refractivity contribution in [2.24, 2.45) is 0 Å². The molecule has 0 amide bonds. The maximum Gasteiger partial charge on any atom is 0.149 e. The topological polar surface area (TPSA) is 53.1 Å². The molecule has 20 heavy (non-hydrogen) atoms. The van der Waals surface area contributed by atoms with Gasteiger partial charge >= 0.3 is 0 Å². The van der Waals surface area contributed by atoms with E-state index in [-0.39, 0.29) is 5.69 Å². The normalized spacial score (nSPS) is 10.8. The van der Waals surface area contributed by atoms with Crippen LogP contribution in [0.4, 0.5) is 10.1 Å². The number of hydrogen-bond donors (Lipinski definition) is 1. The number of ether oxygens (including phenoxy) is 1. The van der Waals surface area contributed by atoms with Crippen LogP contribution in [-0.2, 0) is 19.6 Å². The van der Waals surface area contributed by atoms with E-state index in [0.29, 0.717) is 12.4 Å². The van der Waals surface area contributed by atoms with Gasteiger partial charge in [0, 0.05) is 12.6 Å². The Bertz CT molecular complexity index is 613.